The Morgan fingerprint density at radius 2 is 2.38 bits per heavy atom. The Morgan fingerprint density at radius 1 is 1.62 bits per heavy atom. The van der Waals surface area contributed by atoms with E-state index in [4.69, 9.17) is 0 Å². The second-order valence-corrected chi connectivity index (χ2v) is 3.12. The molecule has 0 N–H and O–H groups in total. The Balaban J connectivity index is 2.19. The summed E-state index contributed by atoms with van der Waals surface area (Å²) in [5.74, 6) is 2.55. The molecule has 0 bridgehead atoms. The van der Waals surface area contributed by atoms with E-state index in [2.05, 4.69) is 6.92 Å². The van der Waals surface area contributed by atoms with Gasteiger partial charge in [0.05, 0.1) is 0 Å². The van der Waals surface area contributed by atoms with E-state index in [1.54, 1.807) is 0 Å². The quantitative estimate of drug-likeness (QED) is 0.458. The number of carbonyl (C=O) groups excluding carboxylic acids is 1. The van der Waals surface area contributed by atoms with Crippen molar-refractivity contribution in [2.24, 2.45) is 17.8 Å². The van der Waals surface area contributed by atoms with Crippen molar-refractivity contribution >= 4 is 5.78 Å². The van der Waals surface area contributed by atoms with Gasteiger partial charge in [0, 0.05) is 12.3 Å². The van der Waals surface area contributed by atoms with Crippen LogP contribution in [0.3, 0.4) is 0 Å². The van der Waals surface area contributed by atoms with Gasteiger partial charge in [-0.25, -0.2) is 0 Å². The zero-order valence-corrected chi connectivity index (χ0v) is 5.05. The van der Waals surface area contributed by atoms with Crippen LogP contribution in [0.15, 0.2) is 0 Å². The molecule has 8 heavy (non-hydrogen) atoms. The van der Waals surface area contributed by atoms with Gasteiger partial charge in [-0.05, 0) is 18.3 Å². The molecular formula is C7H10O. The van der Waals surface area contributed by atoms with Crippen LogP contribution in [0.1, 0.15) is 19.8 Å². The fraction of sp³-hybridized carbons (Fsp3) is 0.857. The Labute approximate surface area is 49.1 Å². The normalized spacial score (nSPS) is 51.6. The smallest absolute Gasteiger partial charge is 0.136 e. The van der Waals surface area contributed by atoms with Gasteiger partial charge >= 0.3 is 0 Å². The summed E-state index contributed by atoms with van der Waals surface area (Å²) in [5, 5.41) is 0. The summed E-state index contributed by atoms with van der Waals surface area (Å²) in [6, 6.07) is 0. The molecule has 0 aromatic rings. The third kappa shape index (κ3) is 0.396. The molecule has 2 aliphatic carbocycles. The molecule has 44 valence electrons. The first-order valence-corrected chi connectivity index (χ1v) is 3.32. The molecule has 0 heterocycles. The highest BCUT2D eigenvalue weighted by Gasteiger charge is 2.50. The first-order valence-electron chi connectivity index (χ1n) is 3.32. The first-order chi connectivity index (χ1) is 3.79. The van der Waals surface area contributed by atoms with E-state index >= 15 is 0 Å². The van der Waals surface area contributed by atoms with E-state index in [0.717, 1.165) is 18.3 Å². The average Bonchev–Trinajstić information content (AvgIpc) is 2.39. The molecule has 0 amide bonds. The van der Waals surface area contributed by atoms with Gasteiger partial charge in [0.15, 0.2) is 0 Å². The van der Waals surface area contributed by atoms with Crippen molar-refractivity contribution in [3.63, 3.8) is 0 Å². The minimum Gasteiger partial charge on any atom is -0.299 e. The standard InChI is InChI=1S/C7H10O/c1-4-6-2-5(6)3-7(4)8/h4-6H,2-3H2,1H3/t4-,5-,6+/m1/s1. The monoisotopic (exact) mass is 110 g/mol. The lowest BCUT2D eigenvalue weighted by Crippen LogP contribution is -2.05. The molecule has 0 radical (unpaired) electrons. The van der Waals surface area contributed by atoms with Crippen LogP contribution in [0.25, 0.3) is 0 Å². The third-order valence-electron chi connectivity index (χ3n) is 2.59. The van der Waals surface area contributed by atoms with Gasteiger partial charge in [-0.2, -0.15) is 0 Å². The molecule has 1 nitrogen and oxygen atoms in total. The molecule has 0 spiro atoms. The Bertz CT molecular complexity index is 139. The summed E-state index contributed by atoms with van der Waals surface area (Å²) >= 11 is 0. The minimum absolute atomic E-state index is 0.417. The van der Waals surface area contributed by atoms with Crippen LogP contribution in [0.2, 0.25) is 0 Å². The highest BCUT2D eigenvalue weighted by atomic mass is 16.1. The number of rotatable bonds is 0. The lowest BCUT2D eigenvalue weighted by Gasteiger charge is -1.97. The van der Waals surface area contributed by atoms with Crippen LogP contribution in [-0.2, 0) is 4.79 Å². The van der Waals surface area contributed by atoms with Crippen molar-refractivity contribution in [3.8, 4) is 0 Å². The minimum atomic E-state index is 0.417. The van der Waals surface area contributed by atoms with E-state index < -0.39 is 0 Å². The van der Waals surface area contributed by atoms with Crippen LogP contribution in [-0.4, -0.2) is 5.78 Å². The molecule has 0 aromatic heterocycles. The number of hydrogen-bond acceptors (Lipinski definition) is 1. The van der Waals surface area contributed by atoms with E-state index in [1.165, 1.54) is 6.42 Å². The molecule has 0 unspecified atom stereocenters. The van der Waals surface area contributed by atoms with E-state index in [0.29, 0.717) is 11.7 Å². The van der Waals surface area contributed by atoms with E-state index in [9.17, 15) is 4.79 Å². The van der Waals surface area contributed by atoms with Gasteiger partial charge in [0.1, 0.15) is 5.78 Å². The maximum absolute atomic E-state index is 10.8. The number of Topliss-reactive ketones (excluding diaryl/α,β-unsaturated/α-hetero) is 1. The molecule has 0 aromatic carbocycles. The molecular weight excluding hydrogens is 100 g/mol. The van der Waals surface area contributed by atoms with Gasteiger partial charge in [0.2, 0.25) is 0 Å². The molecule has 2 saturated carbocycles. The molecule has 3 atom stereocenters. The second-order valence-electron chi connectivity index (χ2n) is 3.12. The number of carbonyl (C=O) groups is 1. The summed E-state index contributed by atoms with van der Waals surface area (Å²) < 4.78 is 0. The second kappa shape index (κ2) is 1.15. The average molecular weight is 110 g/mol. The van der Waals surface area contributed by atoms with E-state index in [1.807, 2.05) is 0 Å². The van der Waals surface area contributed by atoms with Crippen molar-refractivity contribution in [2.75, 3.05) is 0 Å². The molecule has 2 aliphatic rings. The van der Waals surface area contributed by atoms with Crippen LogP contribution in [0.4, 0.5) is 0 Å². The van der Waals surface area contributed by atoms with Gasteiger partial charge in [-0.1, -0.05) is 6.92 Å². The molecule has 2 fully saturated rings. The predicted octanol–water partition coefficient (Wildman–Crippen LogP) is 1.23. The zero-order chi connectivity index (χ0) is 5.72. The highest BCUT2D eigenvalue weighted by Crippen LogP contribution is 2.53. The summed E-state index contributed by atoms with van der Waals surface area (Å²) in [7, 11) is 0. The van der Waals surface area contributed by atoms with Crippen LogP contribution >= 0.6 is 0 Å². The summed E-state index contributed by atoms with van der Waals surface area (Å²) in [6.07, 6.45) is 2.23. The van der Waals surface area contributed by atoms with Crippen LogP contribution in [0.5, 0.6) is 0 Å². The fourth-order valence-corrected chi connectivity index (χ4v) is 1.80. The van der Waals surface area contributed by atoms with Crippen molar-refractivity contribution in [3.05, 3.63) is 0 Å². The lowest BCUT2D eigenvalue weighted by molar-refractivity contribution is -0.121. The number of hydrogen-bond donors (Lipinski definition) is 0. The van der Waals surface area contributed by atoms with Gasteiger partial charge in [0.25, 0.3) is 0 Å². The first kappa shape index (κ1) is 4.54. The van der Waals surface area contributed by atoms with Gasteiger partial charge in [-0.15, -0.1) is 0 Å². The predicted molar refractivity (Wildman–Crippen MR) is 30.4 cm³/mol. The summed E-state index contributed by atoms with van der Waals surface area (Å²) in [4.78, 5) is 10.8. The topological polar surface area (TPSA) is 17.1 Å². The maximum Gasteiger partial charge on any atom is 0.136 e. The number of fused-ring (bicyclic) bond motifs is 1. The fourth-order valence-electron chi connectivity index (χ4n) is 1.80. The van der Waals surface area contributed by atoms with Gasteiger partial charge in [-0.3, -0.25) is 4.79 Å². The van der Waals surface area contributed by atoms with Crippen molar-refractivity contribution in [2.45, 2.75) is 19.8 Å². The third-order valence-corrected chi connectivity index (χ3v) is 2.59. The van der Waals surface area contributed by atoms with Gasteiger partial charge < -0.3 is 0 Å². The van der Waals surface area contributed by atoms with Crippen molar-refractivity contribution in [1.82, 2.24) is 0 Å². The molecule has 0 saturated heterocycles. The van der Waals surface area contributed by atoms with E-state index in [-0.39, 0.29) is 0 Å². The SMILES string of the molecule is C[C@H]1C(=O)C[C@H]2C[C@H]21. The molecule has 0 aliphatic heterocycles. The summed E-state index contributed by atoms with van der Waals surface area (Å²) in [6.45, 7) is 2.07. The lowest BCUT2D eigenvalue weighted by atomic mass is 10.1. The van der Waals surface area contributed by atoms with Crippen LogP contribution < -0.4 is 0 Å². The van der Waals surface area contributed by atoms with Crippen molar-refractivity contribution in [1.29, 1.82) is 0 Å². The maximum atomic E-state index is 10.8. The number of ketones is 1. The zero-order valence-electron chi connectivity index (χ0n) is 5.05. The Kier molecular flexibility index (Phi) is 0.651. The molecule has 2 rings (SSSR count). The van der Waals surface area contributed by atoms with Crippen molar-refractivity contribution < 1.29 is 4.79 Å². The summed E-state index contributed by atoms with van der Waals surface area (Å²) in [5.41, 5.74) is 0. The largest absolute Gasteiger partial charge is 0.299 e. The highest BCUT2D eigenvalue weighted by molar-refractivity contribution is 5.84. The van der Waals surface area contributed by atoms with Crippen LogP contribution in [0, 0.1) is 17.8 Å². The Morgan fingerprint density at radius 3 is 2.62 bits per heavy atom. The molecule has 1 heteroatoms. The Hall–Kier alpha value is -0.330.